The van der Waals surface area contributed by atoms with Crippen molar-refractivity contribution in [3.05, 3.63) is 41.7 Å². The molecule has 0 saturated carbocycles. The van der Waals surface area contributed by atoms with Gasteiger partial charge in [-0.2, -0.15) is 0 Å². The predicted molar refractivity (Wildman–Crippen MR) is 44.7 cm³/mol. The molecular weight excluding hydrogens is 120 g/mol. The van der Waals surface area contributed by atoms with Gasteiger partial charge in [-0.25, -0.2) is 0 Å². The Morgan fingerprint density at radius 1 is 1.20 bits per heavy atom. The van der Waals surface area contributed by atoms with Crippen molar-refractivity contribution < 1.29 is 0 Å². The molecule has 1 aliphatic carbocycles. The summed E-state index contributed by atoms with van der Waals surface area (Å²) in [5.41, 5.74) is 4.47. The van der Waals surface area contributed by atoms with E-state index in [-0.39, 0.29) is 0 Å². The van der Waals surface area contributed by atoms with Gasteiger partial charge in [0.1, 0.15) is 0 Å². The van der Waals surface area contributed by atoms with Crippen LogP contribution in [0.15, 0.2) is 41.7 Å². The number of rotatable bonds is 1. The summed E-state index contributed by atoms with van der Waals surface area (Å²) in [5, 5.41) is 0. The molecule has 0 heterocycles. The molecule has 0 aromatic carbocycles. The molecule has 0 amide bonds. The highest BCUT2D eigenvalue weighted by Crippen LogP contribution is 2.10. The molecule has 0 aromatic heterocycles. The van der Waals surface area contributed by atoms with E-state index in [1.54, 1.807) is 0 Å². The fourth-order valence-electron chi connectivity index (χ4n) is 0.830. The Morgan fingerprint density at radius 3 is 2.70 bits per heavy atom. The Kier molecular flexibility index (Phi) is 2.30. The second-order valence-corrected chi connectivity index (χ2v) is 2.67. The molecule has 0 radical (unpaired) electrons. The third-order valence-electron chi connectivity index (χ3n) is 1.47. The Hall–Kier alpha value is -1.00. The fraction of sp³-hybridized carbons (Fsp3) is 0.300. The van der Waals surface area contributed by atoms with Gasteiger partial charge in [0.15, 0.2) is 0 Å². The molecule has 0 fully saturated rings. The average Bonchev–Trinajstić information content (AvgIpc) is 2.12. The van der Waals surface area contributed by atoms with Gasteiger partial charge >= 0.3 is 0 Å². The summed E-state index contributed by atoms with van der Waals surface area (Å²) in [6.07, 6.45) is 10.1. The first-order valence-corrected chi connectivity index (χ1v) is 3.60. The van der Waals surface area contributed by atoms with Crippen molar-refractivity contribution in [3.63, 3.8) is 0 Å². The van der Waals surface area contributed by atoms with Gasteiger partial charge in [-0.3, -0.25) is 0 Å². The fourth-order valence-corrected chi connectivity index (χ4v) is 0.830. The molecule has 0 spiro atoms. The van der Waals surface area contributed by atoms with Crippen LogP contribution in [0, 0.1) is 5.92 Å². The quantitative estimate of drug-likeness (QED) is 0.481. The van der Waals surface area contributed by atoms with Crippen molar-refractivity contribution in [1.82, 2.24) is 0 Å². The van der Waals surface area contributed by atoms with E-state index in [2.05, 4.69) is 25.7 Å². The standard InChI is InChI=1S/C10H12/c1-9(2)10-7-5-3-4-6-8-10/h3-7,9H,1-2H3. The third-order valence-corrected chi connectivity index (χ3v) is 1.47. The summed E-state index contributed by atoms with van der Waals surface area (Å²) in [4.78, 5) is 0. The van der Waals surface area contributed by atoms with Crippen molar-refractivity contribution in [3.8, 4) is 0 Å². The summed E-state index contributed by atoms with van der Waals surface area (Å²) < 4.78 is 0. The van der Waals surface area contributed by atoms with Crippen LogP contribution >= 0.6 is 0 Å². The highest BCUT2D eigenvalue weighted by atomic mass is 14.0. The van der Waals surface area contributed by atoms with E-state index in [0.717, 1.165) is 0 Å². The van der Waals surface area contributed by atoms with Crippen LogP contribution in [0.5, 0.6) is 0 Å². The molecule has 0 atom stereocenters. The SMILES string of the molecule is CC(C)C1=C=CC=CC=C1. The predicted octanol–water partition coefficient (Wildman–Crippen LogP) is 2.85. The van der Waals surface area contributed by atoms with Gasteiger partial charge in [-0.1, -0.05) is 38.2 Å². The lowest BCUT2D eigenvalue weighted by molar-refractivity contribution is 0.794. The summed E-state index contributed by atoms with van der Waals surface area (Å²) in [5.74, 6) is 0.576. The molecule has 0 saturated heterocycles. The highest BCUT2D eigenvalue weighted by molar-refractivity contribution is 5.28. The summed E-state index contributed by atoms with van der Waals surface area (Å²) in [6, 6.07) is 0. The third kappa shape index (κ3) is 1.75. The molecular formula is C10H12. The first kappa shape index (κ1) is 7.11. The lowest BCUT2D eigenvalue weighted by Crippen LogP contribution is -1.87. The molecule has 0 nitrogen and oxygen atoms in total. The van der Waals surface area contributed by atoms with Gasteiger partial charge in [-0.15, -0.1) is 5.73 Å². The average molecular weight is 132 g/mol. The van der Waals surface area contributed by atoms with Crippen molar-refractivity contribution >= 4 is 0 Å². The summed E-state index contributed by atoms with van der Waals surface area (Å²) >= 11 is 0. The smallest absolute Gasteiger partial charge is 0.00349 e. The monoisotopic (exact) mass is 132 g/mol. The lowest BCUT2D eigenvalue weighted by atomic mass is 10.0. The molecule has 52 valence electrons. The van der Waals surface area contributed by atoms with Gasteiger partial charge in [0.25, 0.3) is 0 Å². The van der Waals surface area contributed by atoms with Gasteiger partial charge in [0.05, 0.1) is 0 Å². The van der Waals surface area contributed by atoms with E-state index >= 15 is 0 Å². The second kappa shape index (κ2) is 3.24. The van der Waals surface area contributed by atoms with Crippen LogP contribution in [0.25, 0.3) is 0 Å². The molecule has 0 aromatic rings. The lowest BCUT2D eigenvalue weighted by Gasteiger charge is -1.99. The van der Waals surface area contributed by atoms with Crippen molar-refractivity contribution in [2.24, 2.45) is 5.92 Å². The molecule has 1 rings (SSSR count). The van der Waals surface area contributed by atoms with Gasteiger partial charge in [0.2, 0.25) is 0 Å². The maximum Gasteiger partial charge on any atom is -0.00349 e. The van der Waals surface area contributed by atoms with Crippen LogP contribution < -0.4 is 0 Å². The zero-order valence-corrected chi connectivity index (χ0v) is 6.46. The van der Waals surface area contributed by atoms with E-state index in [0.29, 0.717) is 5.92 Å². The second-order valence-electron chi connectivity index (χ2n) is 2.67. The van der Waals surface area contributed by atoms with E-state index in [1.807, 2.05) is 24.3 Å². The van der Waals surface area contributed by atoms with Crippen molar-refractivity contribution in [2.75, 3.05) is 0 Å². The molecule has 1 aliphatic rings. The maximum atomic E-state index is 3.20. The zero-order valence-electron chi connectivity index (χ0n) is 6.46. The Labute approximate surface area is 62.3 Å². The van der Waals surface area contributed by atoms with Gasteiger partial charge in [0, 0.05) is 0 Å². The number of allylic oxidation sites excluding steroid dienone is 5. The number of hydrogen-bond donors (Lipinski definition) is 0. The normalized spacial score (nSPS) is 15.7. The molecule has 0 N–H and O–H groups in total. The Morgan fingerprint density at radius 2 is 2.00 bits per heavy atom. The molecule has 0 heteroatoms. The van der Waals surface area contributed by atoms with Crippen LogP contribution in [-0.2, 0) is 0 Å². The van der Waals surface area contributed by atoms with E-state index in [1.165, 1.54) is 5.57 Å². The van der Waals surface area contributed by atoms with Crippen LogP contribution in [0.3, 0.4) is 0 Å². The number of hydrogen-bond acceptors (Lipinski definition) is 0. The van der Waals surface area contributed by atoms with Crippen molar-refractivity contribution in [2.45, 2.75) is 13.8 Å². The summed E-state index contributed by atoms with van der Waals surface area (Å²) in [7, 11) is 0. The largest absolute Gasteiger partial charge is 0.117 e. The van der Waals surface area contributed by atoms with E-state index in [9.17, 15) is 0 Å². The first-order valence-electron chi connectivity index (χ1n) is 3.60. The molecule has 10 heavy (non-hydrogen) atoms. The topological polar surface area (TPSA) is 0 Å². The minimum Gasteiger partial charge on any atom is -0.117 e. The first-order chi connectivity index (χ1) is 4.80. The van der Waals surface area contributed by atoms with E-state index in [4.69, 9.17) is 0 Å². The maximum absolute atomic E-state index is 3.20. The Balaban J connectivity index is 2.87. The van der Waals surface area contributed by atoms with Crippen LogP contribution in [-0.4, -0.2) is 0 Å². The Bertz CT molecular complexity index is 220. The summed E-state index contributed by atoms with van der Waals surface area (Å²) in [6.45, 7) is 4.34. The van der Waals surface area contributed by atoms with E-state index < -0.39 is 0 Å². The minimum absolute atomic E-state index is 0.576. The van der Waals surface area contributed by atoms with Crippen LogP contribution in [0.4, 0.5) is 0 Å². The van der Waals surface area contributed by atoms with Crippen LogP contribution in [0.2, 0.25) is 0 Å². The molecule has 0 bridgehead atoms. The molecule has 0 unspecified atom stereocenters. The molecule has 0 aliphatic heterocycles. The van der Waals surface area contributed by atoms with Gasteiger partial charge < -0.3 is 0 Å². The highest BCUT2D eigenvalue weighted by Gasteiger charge is 1.96. The minimum atomic E-state index is 0.576. The zero-order chi connectivity index (χ0) is 7.40. The van der Waals surface area contributed by atoms with Crippen LogP contribution in [0.1, 0.15) is 13.8 Å². The van der Waals surface area contributed by atoms with Gasteiger partial charge in [-0.05, 0) is 17.6 Å². The van der Waals surface area contributed by atoms with Crippen molar-refractivity contribution in [1.29, 1.82) is 0 Å².